The van der Waals surface area contributed by atoms with E-state index in [1.807, 2.05) is 39.5 Å². The molecule has 0 amide bonds. The molecule has 112 valence electrons. The molecule has 1 aliphatic carbocycles. The van der Waals surface area contributed by atoms with Gasteiger partial charge in [0.15, 0.2) is 0 Å². The lowest BCUT2D eigenvalue weighted by Gasteiger charge is -2.10. The van der Waals surface area contributed by atoms with Crippen LogP contribution < -0.4 is 5.32 Å². The summed E-state index contributed by atoms with van der Waals surface area (Å²) in [6.45, 7) is 1.43. The number of hydrogen-bond donors (Lipinski definition) is 2. The Labute approximate surface area is 124 Å². The van der Waals surface area contributed by atoms with Crippen molar-refractivity contribution in [2.45, 2.75) is 38.5 Å². The Balaban J connectivity index is 0.000000443. The largest absolute Gasteiger partial charge is 0.394 e. The monoisotopic (exact) mass is 286 g/mol. The minimum atomic E-state index is 0.528. The average Bonchev–Trinajstić information content (AvgIpc) is 2.44. The van der Waals surface area contributed by atoms with Gasteiger partial charge in [-0.05, 0) is 44.9 Å². The van der Waals surface area contributed by atoms with Crippen LogP contribution >= 0.6 is 12.9 Å². The molecule has 19 heavy (non-hydrogen) atoms. The normalized spacial score (nSPS) is 16.4. The molecule has 1 fully saturated rings. The zero-order valence-corrected chi connectivity index (χ0v) is 13.6. The maximum Gasteiger partial charge on any atom is 0.0798 e. The van der Waals surface area contributed by atoms with Crippen molar-refractivity contribution in [2.24, 2.45) is 0 Å². The van der Waals surface area contributed by atoms with Crippen LogP contribution in [-0.2, 0) is 4.18 Å². The Morgan fingerprint density at radius 2 is 1.68 bits per heavy atom. The predicted molar refractivity (Wildman–Crippen MR) is 87.5 cm³/mol. The van der Waals surface area contributed by atoms with Gasteiger partial charge in [-0.25, -0.2) is 0 Å². The summed E-state index contributed by atoms with van der Waals surface area (Å²) in [7, 11) is 5.93. The van der Waals surface area contributed by atoms with Crippen LogP contribution in [-0.4, -0.2) is 39.2 Å². The molecule has 0 aromatic carbocycles. The molecule has 0 heterocycles. The Morgan fingerprint density at radius 3 is 2.05 bits per heavy atom. The summed E-state index contributed by atoms with van der Waals surface area (Å²) < 4.78 is 4.68. The minimum Gasteiger partial charge on any atom is -0.394 e. The van der Waals surface area contributed by atoms with E-state index in [1.165, 1.54) is 44.1 Å². The topological polar surface area (TPSA) is 24.5 Å². The van der Waals surface area contributed by atoms with Gasteiger partial charge < -0.3 is 14.4 Å². The Bertz CT molecular complexity index is 237. The van der Waals surface area contributed by atoms with Gasteiger partial charge in [0.1, 0.15) is 0 Å². The van der Waals surface area contributed by atoms with Crippen LogP contribution in [0.15, 0.2) is 23.9 Å². The lowest BCUT2D eigenvalue weighted by molar-refractivity contribution is 0.426. The Morgan fingerprint density at radius 1 is 1.16 bits per heavy atom. The number of nitrogens with one attached hydrogen (secondary N) is 1. The fourth-order valence-electron chi connectivity index (χ4n) is 1.95. The van der Waals surface area contributed by atoms with Crippen molar-refractivity contribution in [2.75, 3.05) is 34.3 Å². The van der Waals surface area contributed by atoms with Gasteiger partial charge in [0, 0.05) is 13.6 Å². The van der Waals surface area contributed by atoms with Crippen LogP contribution in [0.4, 0.5) is 0 Å². The van der Waals surface area contributed by atoms with Crippen molar-refractivity contribution >= 4 is 12.9 Å². The Hall–Kier alpha value is -0.450. The molecule has 0 bridgehead atoms. The highest BCUT2D eigenvalue weighted by atomic mass is 32.1. The van der Waals surface area contributed by atoms with Crippen LogP contribution in [0.1, 0.15) is 38.5 Å². The highest BCUT2D eigenvalue weighted by Gasteiger charge is 1.95. The maximum absolute atomic E-state index is 4.68. The third-order valence-corrected chi connectivity index (χ3v) is 3.03. The van der Waals surface area contributed by atoms with Crippen molar-refractivity contribution in [1.82, 2.24) is 10.2 Å². The molecule has 1 saturated carbocycles. The smallest absolute Gasteiger partial charge is 0.0798 e. The average molecular weight is 286 g/mol. The summed E-state index contributed by atoms with van der Waals surface area (Å²) in [6, 6.07) is 0. The molecule has 0 spiro atoms. The molecule has 0 aromatic rings. The lowest BCUT2D eigenvalue weighted by Crippen LogP contribution is -2.14. The molecular formula is C15H30N2OS. The van der Waals surface area contributed by atoms with Crippen LogP contribution in [0.25, 0.3) is 0 Å². The van der Waals surface area contributed by atoms with Crippen molar-refractivity contribution in [3.8, 4) is 0 Å². The number of rotatable bonds is 6. The van der Waals surface area contributed by atoms with Crippen molar-refractivity contribution in [3.63, 3.8) is 0 Å². The first kappa shape index (κ1) is 18.6. The SMILES string of the molecule is C1CCCCC1.CN/C=C\C(=C/COS)CN(C)C. The molecule has 3 nitrogen and oxygen atoms in total. The van der Waals surface area contributed by atoms with Gasteiger partial charge in [0.05, 0.1) is 6.61 Å². The number of nitrogens with zero attached hydrogens (tertiary/aromatic N) is 1. The molecule has 0 radical (unpaired) electrons. The van der Waals surface area contributed by atoms with E-state index in [4.69, 9.17) is 0 Å². The van der Waals surface area contributed by atoms with Crippen molar-refractivity contribution in [3.05, 3.63) is 23.9 Å². The van der Waals surface area contributed by atoms with Gasteiger partial charge in [0.25, 0.3) is 0 Å². The number of likely N-dealkylation sites (N-methyl/N-ethyl adjacent to an activating group) is 1. The zero-order chi connectivity index (χ0) is 14.3. The summed E-state index contributed by atoms with van der Waals surface area (Å²) in [6.07, 6.45) is 14.9. The van der Waals surface area contributed by atoms with E-state index in [-0.39, 0.29) is 0 Å². The molecule has 4 heteroatoms. The van der Waals surface area contributed by atoms with Gasteiger partial charge in [-0.2, -0.15) is 0 Å². The number of hydrogen-bond acceptors (Lipinski definition) is 4. The molecule has 1 rings (SSSR count). The summed E-state index contributed by atoms with van der Waals surface area (Å²) in [5, 5.41) is 2.95. The predicted octanol–water partition coefficient (Wildman–Crippen LogP) is 3.41. The van der Waals surface area contributed by atoms with Crippen molar-refractivity contribution < 1.29 is 4.18 Å². The lowest BCUT2D eigenvalue weighted by atomic mass is 10.0. The molecule has 0 atom stereocenters. The molecule has 0 unspecified atom stereocenters. The van der Waals surface area contributed by atoms with E-state index in [2.05, 4.69) is 27.3 Å². The standard InChI is InChI=1S/C9H18N2OS.C6H12/c1-10-6-4-9(5-7-12-13)8-11(2)3;1-2-4-6-5-3-1/h4-6,10,13H,7-8H2,1-3H3;1-6H2/b6-4-,9-5+;. The molecule has 0 saturated heterocycles. The van der Waals surface area contributed by atoms with E-state index < -0.39 is 0 Å². The van der Waals surface area contributed by atoms with Crippen LogP contribution in [0.3, 0.4) is 0 Å². The van der Waals surface area contributed by atoms with Gasteiger partial charge in [0.2, 0.25) is 0 Å². The summed E-state index contributed by atoms with van der Waals surface area (Å²) in [4.78, 5) is 2.10. The molecule has 1 aliphatic rings. The molecule has 1 N–H and O–H groups in total. The van der Waals surface area contributed by atoms with Crippen LogP contribution in [0.2, 0.25) is 0 Å². The quantitative estimate of drug-likeness (QED) is 0.444. The first-order valence-corrected chi connectivity index (χ1v) is 7.51. The highest BCUT2D eigenvalue weighted by Crippen LogP contribution is 2.15. The summed E-state index contributed by atoms with van der Waals surface area (Å²) in [5.41, 5.74) is 1.20. The van der Waals surface area contributed by atoms with Crippen LogP contribution in [0.5, 0.6) is 0 Å². The first-order valence-electron chi connectivity index (χ1n) is 7.14. The van der Waals surface area contributed by atoms with E-state index >= 15 is 0 Å². The fourth-order valence-corrected chi connectivity index (χ4v) is 2.02. The van der Waals surface area contributed by atoms with Gasteiger partial charge in [-0.15, -0.1) is 0 Å². The van der Waals surface area contributed by atoms with Gasteiger partial charge in [-0.3, -0.25) is 0 Å². The zero-order valence-electron chi connectivity index (χ0n) is 12.7. The minimum absolute atomic E-state index is 0.528. The second-order valence-electron chi connectivity index (χ2n) is 5.06. The summed E-state index contributed by atoms with van der Waals surface area (Å²) >= 11 is 3.68. The van der Waals surface area contributed by atoms with E-state index in [0.717, 1.165) is 6.54 Å². The summed E-state index contributed by atoms with van der Waals surface area (Å²) in [5.74, 6) is 0. The van der Waals surface area contributed by atoms with E-state index in [0.29, 0.717) is 6.61 Å². The third kappa shape index (κ3) is 13.8. The number of thiol groups is 1. The van der Waals surface area contributed by atoms with Gasteiger partial charge >= 0.3 is 0 Å². The molecular weight excluding hydrogens is 256 g/mol. The van der Waals surface area contributed by atoms with Crippen molar-refractivity contribution in [1.29, 1.82) is 0 Å². The second kappa shape index (κ2) is 14.0. The van der Waals surface area contributed by atoms with Crippen LogP contribution in [0, 0.1) is 0 Å². The maximum atomic E-state index is 4.68. The molecule has 0 aromatic heterocycles. The Kier molecular flexibility index (Phi) is 13.6. The first-order chi connectivity index (χ1) is 9.20. The second-order valence-corrected chi connectivity index (χ2v) is 5.31. The van der Waals surface area contributed by atoms with Gasteiger partial charge in [-0.1, -0.05) is 44.6 Å². The molecule has 0 aliphatic heterocycles. The fraction of sp³-hybridized carbons (Fsp3) is 0.733. The third-order valence-electron chi connectivity index (χ3n) is 2.88. The van der Waals surface area contributed by atoms with E-state index in [1.54, 1.807) is 0 Å². The van der Waals surface area contributed by atoms with E-state index in [9.17, 15) is 0 Å². The highest BCUT2D eigenvalue weighted by molar-refractivity contribution is 7.75.